The first-order valence-corrected chi connectivity index (χ1v) is 7.98. The van der Waals surface area contributed by atoms with E-state index in [-0.39, 0.29) is 23.8 Å². The first-order valence-electron chi connectivity index (χ1n) is 7.60. The van der Waals surface area contributed by atoms with E-state index in [0.29, 0.717) is 17.4 Å². The third kappa shape index (κ3) is 2.59. The van der Waals surface area contributed by atoms with Crippen molar-refractivity contribution in [1.29, 1.82) is 0 Å². The van der Waals surface area contributed by atoms with Gasteiger partial charge in [-0.2, -0.15) is 4.98 Å². The fourth-order valence-electron chi connectivity index (χ4n) is 3.12. The Morgan fingerprint density at radius 1 is 1.17 bits per heavy atom. The molecule has 0 unspecified atom stereocenters. The number of benzene rings is 2. The van der Waals surface area contributed by atoms with Gasteiger partial charge in [-0.3, -0.25) is 0 Å². The minimum absolute atomic E-state index is 0.0372. The van der Waals surface area contributed by atoms with Crippen LogP contribution in [0.1, 0.15) is 29.6 Å². The summed E-state index contributed by atoms with van der Waals surface area (Å²) in [6, 6.07) is 14.0. The van der Waals surface area contributed by atoms with Gasteiger partial charge in [0.15, 0.2) is 0 Å². The molecule has 7 heteroatoms. The zero-order valence-corrected chi connectivity index (χ0v) is 13.4. The van der Waals surface area contributed by atoms with Crippen LogP contribution in [0.2, 0.25) is 5.02 Å². The third-order valence-corrected chi connectivity index (χ3v) is 4.58. The van der Waals surface area contributed by atoms with Crippen LogP contribution in [0.4, 0.5) is 16.3 Å². The van der Waals surface area contributed by atoms with Gasteiger partial charge in [-0.25, -0.2) is 9.07 Å². The number of rotatable bonds is 2. The third-order valence-electron chi connectivity index (χ3n) is 4.24. The highest BCUT2D eigenvalue weighted by molar-refractivity contribution is 6.31. The number of halogens is 2. The summed E-state index contributed by atoms with van der Waals surface area (Å²) < 4.78 is 15.0. The average Bonchev–Trinajstić information content (AvgIpc) is 2.95. The largest absolute Gasteiger partial charge is 0.366 e. The Morgan fingerprint density at radius 3 is 2.67 bits per heavy atom. The van der Waals surface area contributed by atoms with Crippen LogP contribution in [-0.2, 0) is 0 Å². The quantitative estimate of drug-likeness (QED) is 0.742. The average molecular weight is 344 g/mol. The fourth-order valence-corrected chi connectivity index (χ4v) is 3.39. The normalized spacial score (nSPS) is 19.6. The molecule has 0 bridgehead atoms. The Kier molecular flexibility index (Phi) is 3.61. The second-order valence-corrected chi connectivity index (χ2v) is 6.17. The van der Waals surface area contributed by atoms with Crippen molar-refractivity contribution in [3.05, 3.63) is 70.5 Å². The molecule has 1 aliphatic heterocycles. The second kappa shape index (κ2) is 5.79. The molecule has 4 rings (SSSR count). The number of nitrogen functional groups attached to an aromatic ring is 1. The summed E-state index contributed by atoms with van der Waals surface area (Å²) in [6.45, 7) is 0. The lowest BCUT2D eigenvalue weighted by Crippen LogP contribution is -2.28. The van der Waals surface area contributed by atoms with E-state index < -0.39 is 0 Å². The Bertz CT molecular complexity index is 877. The molecule has 3 aromatic rings. The van der Waals surface area contributed by atoms with Crippen molar-refractivity contribution in [2.75, 3.05) is 11.1 Å². The molecule has 24 heavy (non-hydrogen) atoms. The Hall–Kier alpha value is -2.60. The maximum Gasteiger partial charge on any atom is 0.241 e. The molecule has 0 spiro atoms. The van der Waals surface area contributed by atoms with Gasteiger partial charge < -0.3 is 11.1 Å². The molecule has 1 aromatic heterocycles. The smallest absolute Gasteiger partial charge is 0.241 e. The van der Waals surface area contributed by atoms with Gasteiger partial charge in [-0.15, -0.1) is 5.10 Å². The van der Waals surface area contributed by atoms with Crippen LogP contribution in [0.25, 0.3) is 0 Å². The number of hydrogen-bond acceptors (Lipinski definition) is 4. The summed E-state index contributed by atoms with van der Waals surface area (Å²) in [6.07, 6.45) is 0.700. The van der Waals surface area contributed by atoms with Crippen molar-refractivity contribution >= 4 is 23.5 Å². The molecule has 2 aromatic carbocycles. The number of fused-ring (bicyclic) bond motifs is 1. The molecule has 0 saturated heterocycles. The van der Waals surface area contributed by atoms with Gasteiger partial charge in [0.1, 0.15) is 5.82 Å². The van der Waals surface area contributed by atoms with Gasteiger partial charge in [-0.1, -0.05) is 41.9 Å². The molecule has 0 amide bonds. The molecule has 5 nitrogen and oxygen atoms in total. The van der Waals surface area contributed by atoms with Crippen molar-refractivity contribution in [3.63, 3.8) is 0 Å². The van der Waals surface area contributed by atoms with Gasteiger partial charge in [0.25, 0.3) is 0 Å². The summed E-state index contributed by atoms with van der Waals surface area (Å²) in [5.41, 5.74) is 7.70. The second-order valence-electron chi connectivity index (χ2n) is 5.76. The van der Waals surface area contributed by atoms with E-state index in [0.717, 1.165) is 11.1 Å². The van der Waals surface area contributed by atoms with E-state index in [1.54, 1.807) is 16.8 Å². The molecule has 0 saturated carbocycles. The summed E-state index contributed by atoms with van der Waals surface area (Å²) in [4.78, 5) is 4.25. The molecular formula is C17H15ClFN5. The van der Waals surface area contributed by atoms with Crippen LogP contribution in [0.5, 0.6) is 0 Å². The van der Waals surface area contributed by atoms with Crippen LogP contribution < -0.4 is 11.1 Å². The topological polar surface area (TPSA) is 68.8 Å². The molecule has 1 aliphatic rings. The molecule has 3 N–H and O–H groups in total. The summed E-state index contributed by atoms with van der Waals surface area (Å²) >= 11 is 6.35. The zero-order chi connectivity index (χ0) is 16.7. The Labute approximate surface area is 143 Å². The molecule has 0 aliphatic carbocycles. The minimum atomic E-state index is -0.270. The molecule has 2 atom stereocenters. The summed E-state index contributed by atoms with van der Waals surface area (Å²) in [7, 11) is 0. The van der Waals surface area contributed by atoms with E-state index in [4.69, 9.17) is 17.3 Å². The molecular weight excluding hydrogens is 329 g/mol. The van der Waals surface area contributed by atoms with Gasteiger partial charge >= 0.3 is 0 Å². The van der Waals surface area contributed by atoms with Crippen LogP contribution in [0, 0.1) is 5.82 Å². The SMILES string of the molecule is Nc1nc2n(n1)[C@@H](c1ccc(F)cc1)C[C@H](c1ccccc1Cl)N2. The zero-order valence-electron chi connectivity index (χ0n) is 12.7. The minimum Gasteiger partial charge on any atom is -0.366 e. The monoisotopic (exact) mass is 343 g/mol. The van der Waals surface area contributed by atoms with Gasteiger partial charge in [0.05, 0.1) is 12.1 Å². The highest BCUT2D eigenvalue weighted by Crippen LogP contribution is 2.39. The number of nitrogens with zero attached hydrogens (tertiary/aromatic N) is 3. The van der Waals surface area contributed by atoms with E-state index in [2.05, 4.69) is 15.4 Å². The van der Waals surface area contributed by atoms with E-state index >= 15 is 0 Å². The maximum absolute atomic E-state index is 13.3. The summed E-state index contributed by atoms with van der Waals surface area (Å²) in [5, 5.41) is 8.30. The molecule has 2 heterocycles. The van der Waals surface area contributed by atoms with Crippen molar-refractivity contribution in [3.8, 4) is 0 Å². The Morgan fingerprint density at radius 2 is 1.92 bits per heavy atom. The highest BCUT2D eigenvalue weighted by Gasteiger charge is 2.31. The van der Waals surface area contributed by atoms with Gasteiger partial charge in [0, 0.05) is 5.02 Å². The lowest BCUT2D eigenvalue weighted by Gasteiger charge is -2.32. The predicted molar refractivity (Wildman–Crippen MR) is 91.4 cm³/mol. The first-order chi connectivity index (χ1) is 11.6. The first kappa shape index (κ1) is 15.0. The summed E-state index contributed by atoms with van der Waals surface area (Å²) in [5.74, 6) is 0.510. The van der Waals surface area contributed by atoms with Gasteiger partial charge in [0.2, 0.25) is 11.9 Å². The van der Waals surface area contributed by atoms with Crippen molar-refractivity contribution in [1.82, 2.24) is 14.8 Å². The lowest BCUT2D eigenvalue weighted by molar-refractivity contribution is 0.431. The fraction of sp³-hybridized carbons (Fsp3) is 0.176. The van der Waals surface area contributed by atoms with Crippen LogP contribution in [0.15, 0.2) is 48.5 Å². The number of hydrogen-bond donors (Lipinski definition) is 2. The maximum atomic E-state index is 13.3. The number of aromatic nitrogens is 3. The predicted octanol–water partition coefficient (Wildman–Crippen LogP) is 3.80. The highest BCUT2D eigenvalue weighted by atomic mass is 35.5. The number of nitrogens with two attached hydrogens (primary N) is 1. The van der Waals surface area contributed by atoms with Crippen LogP contribution in [-0.4, -0.2) is 14.8 Å². The standard InChI is InChI=1S/C17H15ClFN5/c18-13-4-2-1-3-12(13)14-9-15(10-5-7-11(19)8-6-10)24-17(21-14)22-16(20)23-24/h1-8,14-15H,9H2,(H3,20,21,22,23)/t14-,15-/m1/s1. The van der Waals surface area contributed by atoms with E-state index in [9.17, 15) is 4.39 Å². The van der Waals surface area contributed by atoms with E-state index in [1.165, 1.54) is 12.1 Å². The number of nitrogens with one attached hydrogen (secondary N) is 1. The lowest BCUT2D eigenvalue weighted by atomic mass is 9.93. The molecule has 0 radical (unpaired) electrons. The van der Waals surface area contributed by atoms with Crippen LogP contribution in [0.3, 0.4) is 0 Å². The van der Waals surface area contributed by atoms with Gasteiger partial charge in [-0.05, 0) is 35.7 Å². The van der Waals surface area contributed by atoms with Crippen molar-refractivity contribution < 1.29 is 4.39 Å². The van der Waals surface area contributed by atoms with Crippen molar-refractivity contribution in [2.24, 2.45) is 0 Å². The van der Waals surface area contributed by atoms with Crippen LogP contribution >= 0.6 is 11.6 Å². The number of anilines is 2. The van der Waals surface area contributed by atoms with E-state index in [1.807, 2.05) is 24.3 Å². The Balaban J connectivity index is 1.78. The molecule has 0 fully saturated rings. The van der Waals surface area contributed by atoms with Crippen molar-refractivity contribution in [2.45, 2.75) is 18.5 Å². The molecule has 122 valence electrons.